The molecule has 0 bridgehead atoms. The number of nitrogens with zero attached hydrogens (tertiary/aromatic N) is 2. The third kappa shape index (κ3) is 4.27. The van der Waals surface area contributed by atoms with Crippen molar-refractivity contribution in [2.45, 2.75) is 52.0 Å². The molecule has 2 aromatic rings. The molecule has 1 spiro atoms. The van der Waals surface area contributed by atoms with Crippen LogP contribution in [0.2, 0.25) is 0 Å². The van der Waals surface area contributed by atoms with Crippen molar-refractivity contribution in [1.29, 1.82) is 0 Å². The second-order valence-corrected chi connectivity index (χ2v) is 8.35. The van der Waals surface area contributed by atoms with E-state index in [0.29, 0.717) is 5.69 Å². The van der Waals surface area contributed by atoms with E-state index in [0.717, 1.165) is 57.6 Å². The maximum atomic E-state index is 13.3. The lowest BCUT2D eigenvalue weighted by Crippen LogP contribution is -2.35. The van der Waals surface area contributed by atoms with Gasteiger partial charge < -0.3 is 10.3 Å². The molecule has 2 fully saturated rings. The van der Waals surface area contributed by atoms with Gasteiger partial charge in [-0.25, -0.2) is 9.37 Å². The van der Waals surface area contributed by atoms with Crippen molar-refractivity contribution >= 4 is 11.6 Å². The Morgan fingerprint density at radius 3 is 2.96 bits per heavy atom. The Bertz CT molecular complexity index is 825. The van der Waals surface area contributed by atoms with Crippen LogP contribution in [0.5, 0.6) is 0 Å². The summed E-state index contributed by atoms with van der Waals surface area (Å²) in [5.41, 5.74) is 1.87. The number of halogens is 1. The van der Waals surface area contributed by atoms with E-state index in [1.165, 1.54) is 24.2 Å². The van der Waals surface area contributed by atoms with Crippen molar-refractivity contribution < 1.29 is 9.18 Å². The highest BCUT2D eigenvalue weighted by molar-refractivity contribution is 5.95. The number of carbonyl (C=O) groups excluding carboxylic acids is 1. The van der Waals surface area contributed by atoms with Crippen molar-refractivity contribution in [2.75, 3.05) is 18.4 Å². The summed E-state index contributed by atoms with van der Waals surface area (Å²) in [6, 6.07) is 6.11. The average molecular weight is 384 g/mol. The highest BCUT2D eigenvalue weighted by Gasteiger charge is 2.58. The van der Waals surface area contributed by atoms with E-state index in [4.69, 9.17) is 0 Å². The second kappa shape index (κ2) is 8.03. The molecular formula is C22H29FN4O. The molecule has 4 rings (SSSR count). The number of imidazole rings is 1. The minimum atomic E-state index is -0.326. The van der Waals surface area contributed by atoms with Gasteiger partial charge in [0.1, 0.15) is 11.6 Å². The van der Waals surface area contributed by atoms with Gasteiger partial charge in [-0.2, -0.15) is 0 Å². The number of anilines is 1. The summed E-state index contributed by atoms with van der Waals surface area (Å²) in [4.78, 5) is 22.9. The van der Waals surface area contributed by atoms with Gasteiger partial charge in [-0.3, -0.25) is 9.69 Å². The zero-order chi connectivity index (χ0) is 19.6. The lowest BCUT2D eigenvalue weighted by atomic mass is 9.90. The molecule has 1 aromatic carbocycles. The summed E-state index contributed by atoms with van der Waals surface area (Å²) in [5, 5.41) is 2.88. The van der Waals surface area contributed by atoms with E-state index in [-0.39, 0.29) is 23.1 Å². The van der Waals surface area contributed by atoms with Crippen LogP contribution in [0.4, 0.5) is 10.1 Å². The molecule has 2 N–H and O–H groups in total. The molecule has 1 atom stereocenters. The molecule has 1 aliphatic carbocycles. The summed E-state index contributed by atoms with van der Waals surface area (Å²) in [6.45, 7) is 5.10. The number of unbranched alkanes of at least 4 members (excludes halogenated alkanes) is 1. The Kier molecular flexibility index (Phi) is 5.49. The first-order valence-corrected chi connectivity index (χ1v) is 10.4. The van der Waals surface area contributed by atoms with Gasteiger partial charge in [-0.15, -0.1) is 0 Å². The smallest absolute Gasteiger partial charge is 0.228 e. The van der Waals surface area contributed by atoms with E-state index < -0.39 is 0 Å². The van der Waals surface area contributed by atoms with Gasteiger partial charge in [-0.1, -0.05) is 19.4 Å². The van der Waals surface area contributed by atoms with E-state index in [2.05, 4.69) is 27.1 Å². The zero-order valence-electron chi connectivity index (χ0n) is 16.5. The first-order chi connectivity index (χ1) is 13.6. The van der Waals surface area contributed by atoms with E-state index in [1.807, 2.05) is 6.20 Å². The standard InChI is InChI=1S/C22H29FN4O/c1-2-3-7-20-24-14-18(25-20)15-27-10-8-22(9-11-27)13-19(22)21(28)26-17-6-4-5-16(23)12-17/h4-6,12,14,19H,2-3,7-11,13,15H2,1H3,(H,24,25)(H,26,28). The van der Waals surface area contributed by atoms with Crippen LogP contribution in [0.3, 0.4) is 0 Å². The molecule has 2 aliphatic rings. The van der Waals surface area contributed by atoms with Crippen LogP contribution in [0.25, 0.3) is 0 Å². The maximum absolute atomic E-state index is 13.3. The lowest BCUT2D eigenvalue weighted by molar-refractivity contribution is -0.118. The minimum absolute atomic E-state index is 0.0354. The summed E-state index contributed by atoms with van der Waals surface area (Å²) < 4.78 is 13.3. The summed E-state index contributed by atoms with van der Waals surface area (Å²) in [6.07, 6.45) is 8.36. The maximum Gasteiger partial charge on any atom is 0.228 e. The molecule has 5 nitrogen and oxygen atoms in total. The predicted octanol–water partition coefficient (Wildman–Crippen LogP) is 4.13. The molecule has 0 radical (unpaired) electrons. The molecule has 1 saturated heterocycles. The number of H-pyrrole nitrogens is 1. The number of hydrogen-bond donors (Lipinski definition) is 2. The van der Waals surface area contributed by atoms with Crippen LogP contribution in [0.15, 0.2) is 30.5 Å². The largest absolute Gasteiger partial charge is 0.345 e. The zero-order valence-corrected chi connectivity index (χ0v) is 16.5. The first kappa shape index (κ1) is 19.1. The molecule has 1 aromatic heterocycles. The van der Waals surface area contributed by atoms with Gasteiger partial charge in [-0.05, 0) is 62.4 Å². The number of aromatic nitrogens is 2. The SMILES string of the molecule is CCCCc1ncc(CN2CCC3(CC2)CC3C(=O)Nc2cccc(F)c2)[nH]1. The fourth-order valence-corrected chi connectivity index (χ4v) is 4.42. The number of aromatic amines is 1. The molecule has 1 saturated carbocycles. The topological polar surface area (TPSA) is 61.0 Å². The average Bonchev–Trinajstić information content (AvgIpc) is 3.20. The van der Waals surface area contributed by atoms with Crippen molar-refractivity contribution in [1.82, 2.24) is 14.9 Å². The van der Waals surface area contributed by atoms with Crippen LogP contribution in [-0.2, 0) is 17.8 Å². The van der Waals surface area contributed by atoms with Crippen molar-refractivity contribution in [3.63, 3.8) is 0 Å². The van der Waals surface area contributed by atoms with Crippen LogP contribution < -0.4 is 5.32 Å². The number of likely N-dealkylation sites (tertiary alicyclic amines) is 1. The van der Waals surface area contributed by atoms with Gasteiger partial charge >= 0.3 is 0 Å². The highest BCUT2D eigenvalue weighted by atomic mass is 19.1. The summed E-state index contributed by atoms with van der Waals surface area (Å²) >= 11 is 0. The van der Waals surface area contributed by atoms with E-state index in [9.17, 15) is 9.18 Å². The first-order valence-electron chi connectivity index (χ1n) is 10.4. The van der Waals surface area contributed by atoms with Gasteiger partial charge in [0, 0.05) is 36.5 Å². The number of nitrogens with one attached hydrogen (secondary N) is 2. The van der Waals surface area contributed by atoms with Gasteiger partial charge in [0.2, 0.25) is 5.91 Å². The quantitative estimate of drug-likeness (QED) is 0.754. The van der Waals surface area contributed by atoms with Crippen LogP contribution in [0.1, 0.15) is 50.5 Å². The molecule has 1 aliphatic heterocycles. The molecule has 6 heteroatoms. The summed E-state index contributed by atoms with van der Waals surface area (Å²) in [7, 11) is 0. The summed E-state index contributed by atoms with van der Waals surface area (Å²) in [5.74, 6) is 0.855. The van der Waals surface area contributed by atoms with Crippen LogP contribution >= 0.6 is 0 Å². The third-order valence-electron chi connectivity index (χ3n) is 6.29. The van der Waals surface area contributed by atoms with Crippen molar-refractivity contribution in [3.8, 4) is 0 Å². The predicted molar refractivity (Wildman–Crippen MR) is 107 cm³/mol. The van der Waals surface area contributed by atoms with E-state index >= 15 is 0 Å². The molecule has 150 valence electrons. The number of hydrogen-bond acceptors (Lipinski definition) is 3. The number of benzene rings is 1. The third-order valence-corrected chi connectivity index (χ3v) is 6.29. The monoisotopic (exact) mass is 384 g/mol. The van der Waals surface area contributed by atoms with Crippen LogP contribution in [0, 0.1) is 17.2 Å². The molecule has 2 heterocycles. The minimum Gasteiger partial charge on any atom is -0.345 e. The van der Waals surface area contributed by atoms with Gasteiger partial charge in [0.15, 0.2) is 0 Å². The highest BCUT2D eigenvalue weighted by Crippen LogP contribution is 2.59. The lowest BCUT2D eigenvalue weighted by Gasteiger charge is -2.32. The van der Waals surface area contributed by atoms with Gasteiger partial charge in [0.05, 0.1) is 0 Å². The normalized spacial score (nSPS) is 21.0. The Hall–Kier alpha value is -2.21. The number of carbonyl (C=O) groups is 1. The van der Waals surface area contributed by atoms with Crippen molar-refractivity contribution in [3.05, 3.63) is 47.8 Å². The molecule has 1 unspecified atom stereocenters. The Morgan fingerprint density at radius 2 is 2.21 bits per heavy atom. The number of aryl methyl sites for hydroxylation is 1. The number of amides is 1. The second-order valence-electron chi connectivity index (χ2n) is 8.35. The fraction of sp³-hybridized carbons (Fsp3) is 0.545. The Labute approximate surface area is 165 Å². The number of piperidine rings is 1. The number of rotatable bonds is 7. The molecular weight excluding hydrogens is 355 g/mol. The van der Waals surface area contributed by atoms with Crippen LogP contribution in [-0.4, -0.2) is 33.9 Å². The molecule has 28 heavy (non-hydrogen) atoms. The Balaban J connectivity index is 1.25. The Morgan fingerprint density at radius 1 is 1.39 bits per heavy atom. The van der Waals surface area contributed by atoms with Crippen molar-refractivity contribution in [2.24, 2.45) is 11.3 Å². The fourth-order valence-electron chi connectivity index (χ4n) is 4.42. The van der Waals surface area contributed by atoms with E-state index in [1.54, 1.807) is 12.1 Å². The van der Waals surface area contributed by atoms with Gasteiger partial charge in [0.25, 0.3) is 0 Å². The molecule has 1 amide bonds.